The predicted molar refractivity (Wildman–Crippen MR) is 88.2 cm³/mol. The third-order valence-corrected chi connectivity index (χ3v) is 3.66. The maximum atomic E-state index is 4.53. The molecule has 0 saturated carbocycles. The molecule has 104 valence electrons. The van der Waals surface area contributed by atoms with Gasteiger partial charge in [-0.25, -0.2) is 0 Å². The van der Waals surface area contributed by atoms with Gasteiger partial charge >= 0.3 is 0 Å². The maximum Gasteiger partial charge on any atom is 0.0886 e. The van der Waals surface area contributed by atoms with Gasteiger partial charge in [-0.2, -0.15) is 0 Å². The molecule has 4 rings (SSSR count). The third kappa shape index (κ3) is 2.33. The third-order valence-electron chi connectivity index (χ3n) is 3.66. The van der Waals surface area contributed by atoms with Gasteiger partial charge in [0.1, 0.15) is 0 Å². The fourth-order valence-electron chi connectivity index (χ4n) is 2.49. The SMILES string of the molecule is c1ccc(-c2ccc(-c3ccc4cnccc4c3)cn2)nc1. The Morgan fingerprint density at radius 3 is 2.32 bits per heavy atom. The van der Waals surface area contributed by atoms with E-state index >= 15 is 0 Å². The average Bonchev–Trinajstić information content (AvgIpc) is 2.62. The Kier molecular flexibility index (Phi) is 3.09. The van der Waals surface area contributed by atoms with Crippen molar-refractivity contribution in [1.29, 1.82) is 0 Å². The van der Waals surface area contributed by atoms with Gasteiger partial charge in [-0.1, -0.05) is 24.3 Å². The molecule has 3 heteroatoms. The maximum absolute atomic E-state index is 4.53. The van der Waals surface area contributed by atoms with Gasteiger partial charge in [0, 0.05) is 35.7 Å². The zero-order valence-electron chi connectivity index (χ0n) is 11.8. The molecular formula is C19H13N3. The molecule has 4 aromatic rings. The van der Waals surface area contributed by atoms with Crippen LogP contribution < -0.4 is 0 Å². The van der Waals surface area contributed by atoms with Crippen LogP contribution in [-0.4, -0.2) is 15.0 Å². The second kappa shape index (κ2) is 5.37. The number of aromatic nitrogens is 3. The number of pyridine rings is 3. The Labute approximate surface area is 128 Å². The zero-order chi connectivity index (χ0) is 14.8. The quantitative estimate of drug-likeness (QED) is 0.548. The van der Waals surface area contributed by atoms with E-state index in [1.54, 1.807) is 6.20 Å². The molecule has 0 unspecified atom stereocenters. The van der Waals surface area contributed by atoms with E-state index in [-0.39, 0.29) is 0 Å². The van der Waals surface area contributed by atoms with Gasteiger partial charge in [0.2, 0.25) is 0 Å². The molecule has 0 bridgehead atoms. The van der Waals surface area contributed by atoms with Gasteiger partial charge in [0.05, 0.1) is 11.4 Å². The van der Waals surface area contributed by atoms with E-state index in [1.165, 1.54) is 5.39 Å². The molecule has 0 N–H and O–H groups in total. The van der Waals surface area contributed by atoms with Crippen molar-refractivity contribution in [3.05, 3.63) is 79.4 Å². The summed E-state index contributed by atoms with van der Waals surface area (Å²) in [5.74, 6) is 0. The highest BCUT2D eigenvalue weighted by molar-refractivity contribution is 5.86. The lowest BCUT2D eigenvalue weighted by Crippen LogP contribution is -1.87. The van der Waals surface area contributed by atoms with Crippen LogP contribution in [0.15, 0.2) is 79.4 Å². The molecule has 1 aromatic carbocycles. The van der Waals surface area contributed by atoms with E-state index < -0.39 is 0 Å². The van der Waals surface area contributed by atoms with Crippen molar-refractivity contribution in [3.8, 4) is 22.5 Å². The van der Waals surface area contributed by atoms with Crippen LogP contribution in [0.1, 0.15) is 0 Å². The molecule has 0 aliphatic heterocycles. The van der Waals surface area contributed by atoms with Crippen LogP contribution in [0.2, 0.25) is 0 Å². The fourth-order valence-corrected chi connectivity index (χ4v) is 2.49. The molecule has 0 amide bonds. The molecule has 0 aliphatic rings. The van der Waals surface area contributed by atoms with Crippen molar-refractivity contribution in [3.63, 3.8) is 0 Å². The van der Waals surface area contributed by atoms with E-state index in [0.29, 0.717) is 0 Å². The van der Waals surface area contributed by atoms with Crippen molar-refractivity contribution in [2.45, 2.75) is 0 Å². The minimum absolute atomic E-state index is 0.884. The second-order valence-electron chi connectivity index (χ2n) is 5.08. The first kappa shape index (κ1) is 12.7. The molecule has 0 spiro atoms. The predicted octanol–water partition coefficient (Wildman–Crippen LogP) is 4.36. The summed E-state index contributed by atoms with van der Waals surface area (Å²) in [6, 6.07) is 18.3. The summed E-state index contributed by atoms with van der Waals surface area (Å²) in [7, 11) is 0. The first-order valence-corrected chi connectivity index (χ1v) is 7.12. The van der Waals surface area contributed by atoms with Crippen LogP contribution in [0, 0.1) is 0 Å². The lowest BCUT2D eigenvalue weighted by atomic mass is 10.0. The Hall–Kier alpha value is -3.07. The van der Waals surface area contributed by atoms with Gasteiger partial charge in [0.15, 0.2) is 0 Å². The van der Waals surface area contributed by atoms with Gasteiger partial charge in [0.25, 0.3) is 0 Å². The first-order valence-electron chi connectivity index (χ1n) is 7.12. The monoisotopic (exact) mass is 283 g/mol. The molecule has 3 heterocycles. The summed E-state index contributed by atoms with van der Waals surface area (Å²) in [5, 5.41) is 2.32. The molecule has 0 atom stereocenters. The van der Waals surface area contributed by atoms with Crippen molar-refractivity contribution in [2.24, 2.45) is 0 Å². The topological polar surface area (TPSA) is 38.7 Å². The molecule has 0 saturated heterocycles. The van der Waals surface area contributed by atoms with E-state index in [2.05, 4.69) is 39.2 Å². The largest absolute Gasteiger partial charge is 0.264 e. The summed E-state index contributed by atoms with van der Waals surface area (Å²) in [4.78, 5) is 13.0. The first-order chi connectivity index (χ1) is 10.9. The number of hydrogen-bond donors (Lipinski definition) is 0. The van der Waals surface area contributed by atoms with Crippen LogP contribution in [0.25, 0.3) is 33.3 Å². The number of benzene rings is 1. The standard InChI is InChI=1S/C19H13N3/c1-2-9-21-18(3-1)19-7-6-17(13-22-19)14-4-5-16-12-20-10-8-15(16)11-14/h1-13H. The minimum Gasteiger partial charge on any atom is -0.264 e. The van der Waals surface area contributed by atoms with Crippen LogP contribution in [0.5, 0.6) is 0 Å². The average molecular weight is 283 g/mol. The van der Waals surface area contributed by atoms with Crippen LogP contribution in [-0.2, 0) is 0 Å². The normalized spacial score (nSPS) is 10.7. The highest BCUT2D eigenvalue weighted by Crippen LogP contribution is 2.25. The Balaban J connectivity index is 1.73. The van der Waals surface area contributed by atoms with E-state index in [1.807, 2.05) is 48.9 Å². The lowest BCUT2D eigenvalue weighted by Gasteiger charge is -2.05. The molecule has 22 heavy (non-hydrogen) atoms. The lowest BCUT2D eigenvalue weighted by molar-refractivity contribution is 1.25. The van der Waals surface area contributed by atoms with E-state index in [0.717, 1.165) is 27.9 Å². The van der Waals surface area contributed by atoms with E-state index in [4.69, 9.17) is 0 Å². The van der Waals surface area contributed by atoms with Crippen molar-refractivity contribution < 1.29 is 0 Å². The van der Waals surface area contributed by atoms with Gasteiger partial charge in [-0.15, -0.1) is 0 Å². The van der Waals surface area contributed by atoms with Crippen LogP contribution in [0.3, 0.4) is 0 Å². The Morgan fingerprint density at radius 2 is 1.50 bits per heavy atom. The molecule has 0 aliphatic carbocycles. The number of nitrogens with zero attached hydrogens (tertiary/aromatic N) is 3. The summed E-state index contributed by atoms with van der Waals surface area (Å²) in [5.41, 5.74) is 4.02. The number of fused-ring (bicyclic) bond motifs is 1. The van der Waals surface area contributed by atoms with Gasteiger partial charge < -0.3 is 0 Å². The van der Waals surface area contributed by atoms with Gasteiger partial charge in [-0.05, 0) is 41.3 Å². The molecule has 3 aromatic heterocycles. The summed E-state index contributed by atoms with van der Waals surface area (Å²) in [6.45, 7) is 0. The molecule has 3 nitrogen and oxygen atoms in total. The molecule has 0 radical (unpaired) electrons. The molecular weight excluding hydrogens is 270 g/mol. The van der Waals surface area contributed by atoms with Crippen LogP contribution in [0.4, 0.5) is 0 Å². The number of rotatable bonds is 2. The summed E-state index contributed by atoms with van der Waals surface area (Å²) in [6.07, 6.45) is 7.37. The summed E-state index contributed by atoms with van der Waals surface area (Å²) >= 11 is 0. The summed E-state index contributed by atoms with van der Waals surface area (Å²) < 4.78 is 0. The number of hydrogen-bond acceptors (Lipinski definition) is 3. The zero-order valence-corrected chi connectivity index (χ0v) is 11.8. The second-order valence-corrected chi connectivity index (χ2v) is 5.08. The van der Waals surface area contributed by atoms with Gasteiger partial charge in [-0.3, -0.25) is 15.0 Å². The van der Waals surface area contributed by atoms with E-state index in [9.17, 15) is 0 Å². The highest BCUT2D eigenvalue weighted by Gasteiger charge is 2.03. The highest BCUT2D eigenvalue weighted by atomic mass is 14.8. The van der Waals surface area contributed by atoms with Crippen LogP contribution >= 0.6 is 0 Å². The smallest absolute Gasteiger partial charge is 0.0886 e. The molecule has 0 fully saturated rings. The van der Waals surface area contributed by atoms with Crippen molar-refractivity contribution in [1.82, 2.24) is 15.0 Å². The minimum atomic E-state index is 0.884. The fraction of sp³-hybridized carbons (Fsp3) is 0. The van der Waals surface area contributed by atoms with Crippen molar-refractivity contribution in [2.75, 3.05) is 0 Å². The Morgan fingerprint density at radius 1 is 0.591 bits per heavy atom. The van der Waals surface area contributed by atoms with Crippen molar-refractivity contribution >= 4 is 10.8 Å². The Bertz CT molecular complexity index is 916.